The van der Waals surface area contributed by atoms with Crippen molar-refractivity contribution in [3.05, 3.63) is 57.8 Å². The van der Waals surface area contributed by atoms with E-state index in [1.807, 2.05) is 12.1 Å². The number of sulfonamides is 1. The van der Waals surface area contributed by atoms with Gasteiger partial charge in [-0.2, -0.15) is 0 Å². The monoisotopic (exact) mass is 425 g/mol. The van der Waals surface area contributed by atoms with Gasteiger partial charge < -0.3 is 4.98 Å². The van der Waals surface area contributed by atoms with Gasteiger partial charge in [0.05, 0.1) is 27.0 Å². The molecule has 0 unspecified atom stereocenters. The van der Waals surface area contributed by atoms with Crippen molar-refractivity contribution in [1.29, 1.82) is 0 Å². The Morgan fingerprint density at radius 2 is 2.04 bits per heavy atom. The average molecular weight is 426 g/mol. The summed E-state index contributed by atoms with van der Waals surface area (Å²) < 4.78 is 26.4. The molecule has 0 radical (unpaired) electrons. The van der Waals surface area contributed by atoms with Crippen LogP contribution in [-0.2, 0) is 16.4 Å². The van der Waals surface area contributed by atoms with Gasteiger partial charge in [0.25, 0.3) is 0 Å². The van der Waals surface area contributed by atoms with Crippen LogP contribution in [0.25, 0.3) is 11.0 Å². The number of nitrogens with one attached hydrogen (secondary N) is 2. The topological polar surface area (TPSA) is 91.9 Å². The molecule has 9 heteroatoms. The van der Waals surface area contributed by atoms with Crippen molar-refractivity contribution in [3.8, 4) is 0 Å². The smallest absolute Gasteiger partial charge is 0.232 e. The second kappa shape index (κ2) is 7.88. The van der Waals surface area contributed by atoms with Gasteiger partial charge in [-0.05, 0) is 36.2 Å². The van der Waals surface area contributed by atoms with E-state index in [1.165, 1.54) is 12.1 Å². The fourth-order valence-corrected chi connectivity index (χ4v) is 4.56. The van der Waals surface area contributed by atoms with E-state index in [-0.39, 0.29) is 39.3 Å². The fraction of sp³-hybridized carbons (Fsp3) is 0.222. The van der Waals surface area contributed by atoms with Crippen LogP contribution in [0.1, 0.15) is 29.3 Å². The van der Waals surface area contributed by atoms with Gasteiger partial charge >= 0.3 is 0 Å². The molecule has 0 atom stereocenters. The molecule has 2 aromatic heterocycles. The Kier molecular flexibility index (Phi) is 5.74. The second-order valence-corrected chi connectivity index (χ2v) is 8.69. The van der Waals surface area contributed by atoms with Crippen molar-refractivity contribution >= 4 is 55.7 Å². The van der Waals surface area contributed by atoms with Crippen LogP contribution in [0.2, 0.25) is 10.0 Å². The van der Waals surface area contributed by atoms with Crippen molar-refractivity contribution in [2.24, 2.45) is 0 Å². The highest BCUT2D eigenvalue weighted by Gasteiger charge is 2.21. The molecule has 0 spiro atoms. The highest BCUT2D eigenvalue weighted by Crippen LogP contribution is 2.33. The first-order chi connectivity index (χ1) is 12.8. The molecule has 3 rings (SSSR count). The van der Waals surface area contributed by atoms with Gasteiger partial charge in [0.2, 0.25) is 10.0 Å². The normalized spacial score (nSPS) is 11.7. The maximum Gasteiger partial charge on any atom is 0.232 e. The molecule has 3 aromatic rings. The molecule has 0 aliphatic heterocycles. The van der Waals surface area contributed by atoms with Crippen molar-refractivity contribution in [1.82, 2.24) is 9.97 Å². The molecular formula is C18H17Cl2N3O3S. The number of aromatic nitrogens is 2. The largest absolute Gasteiger partial charge is 0.346 e. The Morgan fingerprint density at radius 3 is 2.78 bits per heavy atom. The third-order valence-electron chi connectivity index (χ3n) is 3.93. The summed E-state index contributed by atoms with van der Waals surface area (Å²) in [5.41, 5.74) is 1.66. The minimum atomic E-state index is -3.54. The summed E-state index contributed by atoms with van der Waals surface area (Å²) in [5.74, 6) is -0.365. The van der Waals surface area contributed by atoms with Crippen molar-refractivity contribution in [2.45, 2.75) is 19.8 Å². The van der Waals surface area contributed by atoms with E-state index in [2.05, 4.69) is 14.7 Å². The number of nitrogens with zero attached hydrogens (tertiary/aromatic N) is 1. The molecule has 1 aromatic carbocycles. The Bertz CT molecular complexity index is 1110. The minimum absolute atomic E-state index is 0.0112. The van der Waals surface area contributed by atoms with Crippen LogP contribution in [0.3, 0.4) is 0 Å². The number of carbonyl (C=O) groups is 1. The van der Waals surface area contributed by atoms with Gasteiger partial charge in [0.15, 0.2) is 5.78 Å². The quantitative estimate of drug-likeness (QED) is 0.546. The summed E-state index contributed by atoms with van der Waals surface area (Å²) in [6.45, 7) is 1.76. The molecular weight excluding hydrogens is 409 g/mol. The van der Waals surface area contributed by atoms with Crippen molar-refractivity contribution < 1.29 is 13.2 Å². The van der Waals surface area contributed by atoms with Crippen LogP contribution >= 0.6 is 23.2 Å². The van der Waals surface area contributed by atoms with E-state index in [9.17, 15) is 13.2 Å². The molecule has 0 fully saturated rings. The number of Topliss-reactive ketones (excluding diaryl/α,β-unsaturated/α-hetero) is 1. The summed E-state index contributed by atoms with van der Waals surface area (Å²) in [6, 6.07) is 6.62. The van der Waals surface area contributed by atoms with E-state index in [1.54, 1.807) is 19.3 Å². The number of rotatable bonds is 7. The van der Waals surface area contributed by atoms with Crippen LogP contribution in [0.15, 0.2) is 36.7 Å². The van der Waals surface area contributed by atoms with Crippen LogP contribution < -0.4 is 4.72 Å². The second-order valence-electron chi connectivity index (χ2n) is 6.06. The molecule has 2 heterocycles. The third-order valence-corrected chi connectivity index (χ3v) is 6.11. The number of H-pyrrole nitrogens is 1. The number of fused-ring (bicyclic) bond motifs is 1. The van der Waals surface area contributed by atoms with Crippen LogP contribution in [0.5, 0.6) is 0 Å². The van der Waals surface area contributed by atoms with Gasteiger partial charge in [0.1, 0.15) is 5.65 Å². The Labute approximate surface area is 167 Å². The lowest BCUT2D eigenvalue weighted by Gasteiger charge is -2.13. The van der Waals surface area contributed by atoms with Crippen LogP contribution in [-0.4, -0.2) is 29.9 Å². The zero-order chi connectivity index (χ0) is 19.6. The molecule has 2 N–H and O–H groups in total. The van der Waals surface area contributed by atoms with E-state index >= 15 is 0 Å². The van der Waals surface area contributed by atoms with Gasteiger partial charge in [-0.3, -0.25) is 9.52 Å². The van der Waals surface area contributed by atoms with Gasteiger partial charge in [-0.25, -0.2) is 13.4 Å². The minimum Gasteiger partial charge on any atom is -0.346 e. The lowest BCUT2D eigenvalue weighted by atomic mass is 10.0. The van der Waals surface area contributed by atoms with E-state index in [4.69, 9.17) is 23.2 Å². The summed E-state index contributed by atoms with van der Waals surface area (Å²) >= 11 is 12.5. The number of hydrogen-bond acceptors (Lipinski definition) is 4. The number of anilines is 1. The lowest BCUT2D eigenvalue weighted by Crippen LogP contribution is -2.17. The number of benzene rings is 1. The molecule has 0 saturated heterocycles. The number of ketones is 1. The van der Waals surface area contributed by atoms with Crippen molar-refractivity contribution in [2.75, 3.05) is 10.5 Å². The summed E-state index contributed by atoms with van der Waals surface area (Å²) in [6.07, 6.45) is 3.87. The van der Waals surface area contributed by atoms with E-state index in [0.717, 1.165) is 11.0 Å². The Hall–Kier alpha value is -2.09. The Morgan fingerprint density at radius 1 is 1.26 bits per heavy atom. The lowest BCUT2D eigenvalue weighted by molar-refractivity contribution is 0.0993. The summed E-state index contributed by atoms with van der Waals surface area (Å²) in [5, 5.41) is 1.04. The van der Waals surface area contributed by atoms with Gasteiger partial charge in [-0.1, -0.05) is 30.1 Å². The first-order valence-corrected chi connectivity index (χ1v) is 10.6. The van der Waals surface area contributed by atoms with Gasteiger partial charge in [0, 0.05) is 24.2 Å². The van der Waals surface area contributed by atoms with Crippen LogP contribution in [0.4, 0.5) is 5.69 Å². The molecule has 27 heavy (non-hydrogen) atoms. The number of hydrogen-bond donors (Lipinski definition) is 2. The van der Waals surface area contributed by atoms with Crippen molar-refractivity contribution in [3.63, 3.8) is 0 Å². The van der Waals surface area contributed by atoms with Crippen LogP contribution in [0, 0.1) is 0 Å². The molecule has 0 aliphatic carbocycles. The molecule has 6 nitrogen and oxygen atoms in total. The maximum absolute atomic E-state index is 12.8. The fourth-order valence-electron chi connectivity index (χ4n) is 2.73. The highest BCUT2D eigenvalue weighted by molar-refractivity contribution is 7.92. The first-order valence-electron chi connectivity index (χ1n) is 8.24. The van der Waals surface area contributed by atoms with E-state index in [0.29, 0.717) is 12.0 Å². The zero-order valence-electron chi connectivity index (χ0n) is 14.4. The SMILES string of the molecule is CCCS(=O)(=O)Nc1ccc(Cl)c(C(=O)Cc2cnc3[nH]ccc3c2)c1Cl. The Balaban J connectivity index is 1.90. The first kappa shape index (κ1) is 19.7. The molecule has 0 amide bonds. The predicted molar refractivity (Wildman–Crippen MR) is 108 cm³/mol. The number of aromatic amines is 1. The van der Waals surface area contributed by atoms with E-state index < -0.39 is 10.0 Å². The molecule has 0 bridgehead atoms. The zero-order valence-corrected chi connectivity index (χ0v) is 16.7. The number of halogens is 2. The summed E-state index contributed by atoms with van der Waals surface area (Å²) in [7, 11) is -3.54. The predicted octanol–water partition coefficient (Wildman–Crippen LogP) is 4.45. The molecule has 142 valence electrons. The average Bonchev–Trinajstić information content (AvgIpc) is 3.05. The van der Waals surface area contributed by atoms with Gasteiger partial charge in [-0.15, -0.1) is 0 Å². The highest BCUT2D eigenvalue weighted by atomic mass is 35.5. The number of pyridine rings is 1. The third kappa shape index (κ3) is 4.43. The number of carbonyl (C=O) groups excluding carboxylic acids is 1. The standard InChI is InChI=1S/C18H17Cl2N3O3S/c1-2-7-27(25,26)23-14-4-3-13(19)16(17(14)20)15(24)9-11-8-12-5-6-21-18(12)22-10-11/h3-6,8,10,23H,2,7,9H2,1H3,(H,21,22). The molecule has 0 aliphatic rings. The summed E-state index contributed by atoms with van der Waals surface area (Å²) in [4.78, 5) is 20.0. The maximum atomic E-state index is 12.8. The molecule has 0 saturated carbocycles.